The Morgan fingerprint density at radius 2 is 1.88 bits per heavy atom. The first-order chi connectivity index (χ1) is 16.1. The first-order valence-electron chi connectivity index (χ1n) is 10.6. The summed E-state index contributed by atoms with van der Waals surface area (Å²) in [5.41, 5.74) is 13.1. The summed E-state index contributed by atoms with van der Waals surface area (Å²) in [4.78, 5) is 7.71. The predicted molar refractivity (Wildman–Crippen MR) is 133 cm³/mol. The van der Waals surface area contributed by atoms with Crippen molar-refractivity contribution in [1.82, 2.24) is 20.2 Å². The molecule has 33 heavy (non-hydrogen) atoms. The normalized spacial score (nSPS) is 12.5. The van der Waals surface area contributed by atoms with Crippen molar-refractivity contribution in [3.05, 3.63) is 103 Å². The molecule has 0 saturated carbocycles. The molecule has 0 spiro atoms. The Hall–Kier alpha value is -4.45. The number of pyridine rings is 1. The fourth-order valence-electron chi connectivity index (χ4n) is 4.04. The molecule has 0 aliphatic carbocycles. The maximum Gasteiger partial charge on any atom is 0.131 e. The van der Waals surface area contributed by atoms with Crippen LogP contribution in [0.2, 0.25) is 0 Å². The van der Waals surface area contributed by atoms with Crippen molar-refractivity contribution in [1.29, 1.82) is 0 Å². The molecule has 3 aromatic heterocycles. The van der Waals surface area contributed by atoms with Gasteiger partial charge in [0.2, 0.25) is 0 Å². The van der Waals surface area contributed by atoms with Crippen LogP contribution in [0.25, 0.3) is 49.9 Å². The molecule has 3 heterocycles. The van der Waals surface area contributed by atoms with Crippen molar-refractivity contribution in [3.63, 3.8) is 0 Å². The van der Waals surface area contributed by atoms with E-state index in [1.54, 1.807) is 30.6 Å². The van der Waals surface area contributed by atoms with Gasteiger partial charge in [0, 0.05) is 33.8 Å². The minimum atomic E-state index is -0.282. The summed E-state index contributed by atoms with van der Waals surface area (Å²) in [6, 6.07) is 14.8. The van der Waals surface area contributed by atoms with E-state index >= 15 is 0 Å². The maximum absolute atomic E-state index is 14.5. The quantitative estimate of drug-likeness (QED) is 0.282. The highest BCUT2D eigenvalue weighted by Gasteiger charge is 2.16. The van der Waals surface area contributed by atoms with Gasteiger partial charge in [-0.1, -0.05) is 36.9 Å². The molecule has 0 aliphatic heterocycles. The third kappa shape index (κ3) is 3.61. The van der Waals surface area contributed by atoms with Crippen molar-refractivity contribution >= 4 is 27.4 Å². The Kier molecular flexibility index (Phi) is 5.11. The van der Waals surface area contributed by atoms with Crippen LogP contribution in [-0.2, 0) is 0 Å². The minimum Gasteiger partial charge on any atom is -0.399 e. The van der Waals surface area contributed by atoms with E-state index in [0.717, 1.165) is 49.9 Å². The molecule has 5 rings (SSSR count). The number of aromatic nitrogens is 4. The molecule has 5 nitrogen and oxygen atoms in total. The molecule has 0 unspecified atom stereocenters. The summed E-state index contributed by atoms with van der Waals surface area (Å²) in [6.07, 6.45) is 8.95. The lowest BCUT2D eigenvalue weighted by Crippen LogP contribution is -1.93. The number of nitrogens with two attached hydrogens (primary N) is 1. The van der Waals surface area contributed by atoms with Crippen molar-refractivity contribution in [2.45, 2.75) is 6.92 Å². The maximum atomic E-state index is 14.5. The van der Waals surface area contributed by atoms with Crippen LogP contribution in [0.1, 0.15) is 12.5 Å². The van der Waals surface area contributed by atoms with Crippen LogP contribution in [0, 0.1) is 5.82 Å². The van der Waals surface area contributed by atoms with Gasteiger partial charge in [-0.15, -0.1) is 0 Å². The zero-order valence-corrected chi connectivity index (χ0v) is 18.1. The molecule has 2 aromatic carbocycles. The number of hydrogen-bond acceptors (Lipinski definition) is 3. The molecule has 0 atom stereocenters. The number of benzene rings is 2. The summed E-state index contributed by atoms with van der Waals surface area (Å²) in [5.74, 6) is -0.282. The van der Waals surface area contributed by atoms with Crippen LogP contribution >= 0.6 is 0 Å². The monoisotopic (exact) mass is 435 g/mol. The van der Waals surface area contributed by atoms with Gasteiger partial charge in [-0.2, -0.15) is 5.10 Å². The van der Waals surface area contributed by atoms with Gasteiger partial charge in [-0.05, 0) is 54.5 Å². The van der Waals surface area contributed by atoms with Gasteiger partial charge in [0.1, 0.15) is 11.5 Å². The second kappa shape index (κ2) is 8.24. The molecule has 5 aromatic rings. The highest BCUT2D eigenvalue weighted by Crippen LogP contribution is 2.35. The molecular weight excluding hydrogens is 413 g/mol. The molecule has 0 aliphatic rings. The van der Waals surface area contributed by atoms with Crippen molar-refractivity contribution in [2.24, 2.45) is 5.73 Å². The number of nitrogens with one attached hydrogen (secondary N) is 2. The first-order valence-corrected chi connectivity index (χ1v) is 10.6. The number of allylic oxidation sites excluding steroid dienone is 4. The van der Waals surface area contributed by atoms with E-state index in [9.17, 15) is 4.39 Å². The molecule has 0 saturated heterocycles. The SMILES string of the molecule is C=C/C(N)=C\C(=C/C)c1ccc2[nH]nc(-c3cc4c(-c5ccccc5F)cncc4[nH]3)c2c1. The standard InChI is InChI=1S/C27H22FN5/c1-3-16(11-18(29)4-2)17-9-10-24-21(12-17)27(33-32-24)25-13-20-22(14-30-15-26(20)31-25)19-7-5-6-8-23(19)28/h3-15,31H,2,29H2,1H3,(H,32,33)/b16-3+,18-11+. The van der Waals surface area contributed by atoms with Crippen LogP contribution in [0.15, 0.2) is 91.4 Å². The van der Waals surface area contributed by atoms with E-state index < -0.39 is 0 Å². The van der Waals surface area contributed by atoms with E-state index in [1.807, 2.05) is 43.3 Å². The van der Waals surface area contributed by atoms with Gasteiger partial charge in [0.25, 0.3) is 0 Å². The van der Waals surface area contributed by atoms with E-state index in [2.05, 4.69) is 32.8 Å². The predicted octanol–water partition coefficient (Wildman–Crippen LogP) is 6.34. The third-order valence-electron chi connectivity index (χ3n) is 5.73. The average molecular weight is 436 g/mol. The lowest BCUT2D eigenvalue weighted by molar-refractivity contribution is 0.631. The zero-order valence-electron chi connectivity index (χ0n) is 18.1. The molecule has 4 N–H and O–H groups in total. The Morgan fingerprint density at radius 3 is 2.67 bits per heavy atom. The van der Waals surface area contributed by atoms with Gasteiger partial charge in [-0.25, -0.2) is 4.39 Å². The van der Waals surface area contributed by atoms with Crippen LogP contribution in [0.4, 0.5) is 4.39 Å². The Morgan fingerprint density at radius 1 is 1.03 bits per heavy atom. The van der Waals surface area contributed by atoms with Gasteiger partial charge in [-0.3, -0.25) is 10.1 Å². The summed E-state index contributed by atoms with van der Waals surface area (Å²) >= 11 is 0. The molecule has 0 radical (unpaired) electrons. The number of H-pyrrole nitrogens is 2. The fourth-order valence-corrected chi connectivity index (χ4v) is 4.04. The largest absolute Gasteiger partial charge is 0.399 e. The van der Waals surface area contributed by atoms with E-state index in [-0.39, 0.29) is 5.82 Å². The Balaban J connectivity index is 1.65. The first kappa shape index (κ1) is 20.5. The summed E-state index contributed by atoms with van der Waals surface area (Å²) in [5, 5.41) is 9.50. The van der Waals surface area contributed by atoms with Gasteiger partial charge in [0.05, 0.1) is 22.9 Å². The van der Waals surface area contributed by atoms with Crippen LogP contribution < -0.4 is 5.73 Å². The molecule has 162 valence electrons. The van der Waals surface area contributed by atoms with E-state index in [0.29, 0.717) is 11.3 Å². The van der Waals surface area contributed by atoms with Crippen molar-refractivity contribution in [3.8, 4) is 22.5 Å². The van der Waals surface area contributed by atoms with Crippen LogP contribution in [0.3, 0.4) is 0 Å². The van der Waals surface area contributed by atoms with Crippen molar-refractivity contribution in [2.75, 3.05) is 0 Å². The topological polar surface area (TPSA) is 83.4 Å². The van der Waals surface area contributed by atoms with Crippen LogP contribution in [-0.4, -0.2) is 20.2 Å². The number of halogens is 1. The highest BCUT2D eigenvalue weighted by atomic mass is 19.1. The Labute approximate surface area is 190 Å². The molecular formula is C27H22FN5. The fraction of sp³-hybridized carbons (Fsp3) is 0.0370. The molecule has 0 amide bonds. The summed E-state index contributed by atoms with van der Waals surface area (Å²) in [6.45, 7) is 5.69. The number of fused-ring (bicyclic) bond motifs is 2. The second-order valence-electron chi connectivity index (χ2n) is 7.74. The molecule has 0 bridgehead atoms. The van der Waals surface area contributed by atoms with Gasteiger partial charge < -0.3 is 10.7 Å². The summed E-state index contributed by atoms with van der Waals surface area (Å²) in [7, 11) is 0. The average Bonchev–Trinajstić information content (AvgIpc) is 3.46. The number of hydrogen-bond donors (Lipinski definition) is 3. The third-order valence-corrected chi connectivity index (χ3v) is 5.73. The molecule has 6 heteroatoms. The van der Waals surface area contributed by atoms with E-state index in [1.165, 1.54) is 6.07 Å². The van der Waals surface area contributed by atoms with Gasteiger partial charge >= 0.3 is 0 Å². The molecule has 0 fully saturated rings. The second-order valence-corrected chi connectivity index (χ2v) is 7.74. The van der Waals surface area contributed by atoms with E-state index in [4.69, 9.17) is 5.73 Å². The smallest absolute Gasteiger partial charge is 0.131 e. The van der Waals surface area contributed by atoms with Gasteiger partial charge in [0.15, 0.2) is 0 Å². The minimum absolute atomic E-state index is 0.282. The zero-order chi connectivity index (χ0) is 22.9. The summed E-state index contributed by atoms with van der Waals surface area (Å²) < 4.78 is 14.5. The lowest BCUT2D eigenvalue weighted by Gasteiger charge is -2.04. The Bertz CT molecular complexity index is 1570. The van der Waals surface area contributed by atoms with Crippen molar-refractivity contribution < 1.29 is 4.39 Å². The number of rotatable bonds is 5. The van der Waals surface area contributed by atoms with Crippen LogP contribution in [0.5, 0.6) is 0 Å². The number of nitrogens with zero attached hydrogens (tertiary/aromatic N) is 2. The lowest BCUT2D eigenvalue weighted by atomic mass is 10.0. The number of aromatic amines is 2. The highest BCUT2D eigenvalue weighted by molar-refractivity contribution is 6.01.